The number of H-pyrrole nitrogens is 1. The number of benzene rings is 2. The van der Waals surface area contributed by atoms with Crippen LogP contribution in [0.4, 0.5) is 8.78 Å². The minimum Gasteiger partial charge on any atom is -0.348 e. The third-order valence-corrected chi connectivity index (χ3v) is 5.77. The summed E-state index contributed by atoms with van der Waals surface area (Å²) in [6, 6.07) is 6.50. The first-order chi connectivity index (χ1) is 15.1. The van der Waals surface area contributed by atoms with E-state index < -0.39 is 46.5 Å². The van der Waals surface area contributed by atoms with E-state index in [9.17, 15) is 23.2 Å². The molecule has 3 aromatic rings. The van der Waals surface area contributed by atoms with Crippen molar-refractivity contribution in [1.82, 2.24) is 10.3 Å². The van der Waals surface area contributed by atoms with Crippen LogP contribution >= 0.6 is 0 Å². The smallest absolute Gasteiger partial charge is 0.255 e. The van der Waals surface area contributed by atoms with Crippen LogP contribution in [0.15, 0.2) is 47.4 Å². The molecule has 0 bridgehead atoms. The van der Waals surface area contributed by atoms with Crippen molar-refractivity contribution in [3.8, 4) is 0 Å². The molecule has 1 unspecified atom stereocenters. The average Bonchev–Trinajstić information content (AvgIpc) is 2.77. The molecule has 3 atom stereocenters. The highest BCUT2D eigenvalue weighted by atomic mass is 19.1. The fraction of sp³-hybridized carbons (Fsp3) is 0.292. The number of aromatic nitrogens is 1. The molecular weight excluding hydrogens is 416 g/mol. The van der Waals surface area contributed by atoms with E-state index in [0.717, 1.165) is 12.1 Å². The van der Waals surface area contributed by atoms with Crippen LogP contribution in [-0.4, -0.2) is 22.7 Å². The number of amides is 1. The monoisotopic (exact) mass is 441 g/mol. The van der Waals surface area contributed by atoms with Gasteiger partial charge in [0.15, 0.2) is 5.78 Å². The van der Waals surface area contributed by atoms with E-state index in [4.69, 9.17) is 5.73 Å². The van der Waals surface area contributed by atoms with Gasteiger partial charge < -0.3 is 16.0 Å². The summed E-state index contributed by atoms with van der Waals surface area (Å²) in [6.45, 7) is 5.33. The summed E-state index contributed by atoms with van der Waals surface area (Å²) in [5.74, 6) is -3.46. The van der Waals surface area contributed by atoms with Crippen LogP contribution in [0.25, 0.3) is 10.8 Å². The van der Waals surface area contributed by atoms with Gasteiger partial charge >= 0.3 is 0 Å². The van der Waals surface area contributed by atoms with Gasteiger partial charge in [0.1, 0.15) is 11.6 Å². The third-order valence-electron chi connectivity index (χ3n) is 5.77. The van der Waals surface area contributed by atoms with Crippen LogP contribution in [-0.2, 0) is 4.79 Å². The Kier molecular flexibility index (Phi) is 6.84. The van der Waals surface area contributed by atoms with Crippen molar-refractivity contribution in [3.05, 3.63) is 81.3 Å². The quantitative estimate of drug-likeness (QED) is 0.487. The van der Waals surface area contributed by atoms with E-state index in [1.165, 1.54) is 30.5 Å². The fourth-order valence-electron chi connectivity index (χ4n) is 3.52. The Labute approximate surface area is 183 Å². The van der Waals surface area contributed by atoms with Crippen LogP contribution in [0.2, 0.25) is 0 Å². The van der Waals surface area contributed by atoms with Gasteiger partial charge in [-0.05, 0) is 48.1 Å². The molecule has 1 aromatic heterocycles. The molecule has 0 fully saturated rings. The van der Waals surface area contributed by atoms with Gasteiger partial charge in [0.25, 0.3) is 5.56 Å². The Hall–Kier alpha value is -3.39. The lowest BCUT2D eigenvalue weighted by Gasteiger charge is -2.21. The molecule has 0 radical (unpaired) electrons. The summed E-state index contributed by atoms with van der Waals surface area (Å²) < 4.78 is 29.8. The van der Waals surface area contributed by atoms with Crippen LogP contribution in [0.1, 0.15) is 54.7 Å². The zero-order chi connectivity index (χ0) is 23.6. The van der Waals surface area contributed by atoms with E-state index in [1.807, 2.05) is 13.8 Å². The number of ketones is 1. The average molecular weight is 441 g/mol. The first kappa shape index (κ1) is 23.3. The first-order valence-electron chi connectivity index (χ1n) is 10.4. The summed E-state index contributed by atoms with van der Waals surface area (Å²) in [7, 11) is 0. The van der Waals surface area contributed by atoms with E-state index in [2.05, 4.69) is 10.3 Å². The van der Waals surface area contributed by atoms with Crippen molar-refractivity contribution in [2.45, 2.75) is 39.3 Å². The molecule has 32 heavy (non-hydrogen) atoms. The van der Waals surface area contributed by atoms with Crippen LogP contribution in [0.3, 0.4) is 0 Å². The number of hydrogen-bond acceptors (Lipinski definition) is 4. The molecule has 3 rings (SSSR count). The Morgan fingerprint density at radius 3 is 2.38 bits per heavy atom. The van der Waals surface area contributed by atoms with Gasteiger partial charge in [-0.25, -0.2) is 8.78 Å². The summed E-state index contributed by atoms with van der Waals surface area (Å²) in [6.07, 6.45) is 2.08. The van der Waals surface area contributed by atoms with Crippen molar-refractivity contribution in [3.63, 3.8) is 0 Å². The Balaban J connectivity index is 1.93. The number of fused-ring (bicyclic) bond motifs is 1. The molecule has 0 saturated heterocycles. The van der Waals surface area contributed by atoms with Gasteiger partial charge in [0.05, 0.1) is 17.6 Å². The maximum Gasteiger partial charge on any atom is 0.255 e. The second-order valence-corrected chi connectivity index (χ2v) is 7.90. The predicted octanol–water partition coefficient (Wildman–Crippen LogP) is 3.59. The topological polar surface area (TPSA) is 105 Å². The highest BCUT2D eigenvalue weighted by Gasteiger charge is 2.25. The van der Waals surface area contributed by atoms with Gasteiger partial charge in [-0.2, -0.15) is 0 Å². The van der Waals surface area contributed by atoms with Gasteiger partial charge in [0.2, 0.25) is 5.91 Å². The third kappa shape index (κ3) is 4.45. The lowest BCUT2D eigenvalue weighted by Crippen LogP contribution is -2.45. The number of halogens is 2. The van der Waals surface area contributed by atoms with Crippen LogP contribution in [0.5, 0.6) is 0 Å². The number of pyridine rings is 1. The van der Waals surface area contributed by atoms with E-state index in [-0.39, 0.29) is 22.4 Å². The summed E-state index contributed by atoms with van der Waals surface area (Å²) in [5.41, 5.74) is 4.95. The molecular formula is C24H25F2N3O3. The molecule has 0 saturated carbocycles. The normalized spacial score (nSPS) is 14.1. The highest BCUT2D eigenvalue weighted by molar-refractivity contribution is 6.16. The molecule has 0 aliphatic rings. The molecule has 168 valence electrons. The summed E-state index contributed by atoms with van der Waals surface area (Å²) >= 11 is 0. The molecule has 2 aromatic carbocycles. The zero-order valence-electron chi connectivity index (χ0n) is 18.0. The van der Waals surface area contributed by atoms with Gasteiger partial charge in [-0.15, -0.1) is 0 Å². The summed E-state index contributed by atoms with van der Waals surface area (Å²) in [5, 5.41) is 3.19. The minimum absolute atomic E-state index is 0.0139. The molecule has 1 amide bonds. The SMILES string of the molecule is CC[C@H](C)[C@H](N)C(=O)NC(C)c1cc(F)c(C(=O)c2cccc3c(=O)[nH]ccc23)c(F)c1. The van der Waals surface area contributed by atoms with E-state index in [0.29, 0.717) is 11.8 Å². The molecule has 4 N–H and O–H groups in total. The molecule has 6 nitrogen and oxygen atoms in total. The zero-order valence-corrected chi connectivity index (χ0v) is 18.0. The van der Waals surface area contributed by atoms with Gasteiger partial charge in [-0.3, -0.25) is 14.4 Å². The van der Waals surface area contributed by atoms with E-state index in [1.54, 1.807) is 6.92 Å². The van der Waals surface area contributed by atoms with E-state index >= 15 is 0 Å². The number of carbonyl (C=O) groups excluding carboxylic acids is 2. The predicted molar refractivity (Wildman–Crippen MR) is 118 cm³/mol. The number of nitrogens with one attached hydrogen (secondary N) is 2. The Bertz CT molecular complexity index is 1220. The Morgan fingerprint density at radius 1 is 1.09 bits per heavy atom. The standard InChI is InChI=1S/C24H25F2N3O3/c1-4-12(2)21(27)24(32)29-13(3)14-10-18(25)20(19(26)11-14)22(30)16-6-5-7-17-15(16)8-9-28-23(17)31/h5-13,21H,4,27H2,1-3H3,(H,28,31)(H,29,32)/t12-,13?,21-/m0/s1. The van der Waals surface area contributed by atoms with Crippen molar-refractivity contribution < 1.29 is 18.4 Å². The number of carbonyl (C=O) groups is 2. The summed E-state index contributed by atoms with van der Waals surface area (Å²) in [4.78, 5) is 39.8. The van der Waals surface area contributed by atoms with Crippen molar-refractivity contribution >= 4 is 22.5 Å². The van der Waals surface area contributed by atoms with Crippen molar-refractivity contribution in [1.29, 1.82) is 0 Å². The molecule has 0 aliphatic heterocycles. The molecule has 0 spiro atoms. The fourth-order valence-corrected chi connectivity index (χ4v) is 3.52. The van der Waals surface area contributed by atoms with Gasteiger partial charge in [-0.1, -0.05) is 32.4 Å². The van der Waals surface area contributed by atoms with Crippen LogP contribution in [0, 0.1) is 17.6 Å². The minimum atomic E-state index is -1.06. The maximum atomic E-state index is 14.9. The molecule has 8 heteroatoms. The second kappa shape index (κ2) is 9.40. The van der Waals surface area contributed by atoms with Crippen molar-refractivity contribution in [2.24, 2.45) is 11.7 Å². The largest absolute Gasteiger partial charge is 0.348 e. The lowest BCUT2D eigenvalue weighted by molar-refractivity contribution is -0.124. The number of aromatic amines is 1. The molecule has 1 heterocycles. The second-order valence-electron chi connectivity index (χ2n) is 7.90. The van der Waals surface area contributed by atoms with Gasteiger partial charge in [0, 0.05) is 17.1 Å². The number of rotatable bonds is 7. The number of hydrogen-bond donors (Lipinski definition) is 3. The first-order valence-corrected chi connectivity index (χ1v) is 10.4. The van der Waals surface area contributed by atoms with Crippen LogP contribution < -0.4 is 16.6 Å². The lowest BCUT2D eigenvalue weighted by atomic mass is 9.95. The maximum absolute atomic E-state index is 14.9. The highest BCUT2D eigenvalue weighted by Crippen LogP contribution is 2.25. The molecule has 0 aliphatic carbocycles. The van der Waals surface area contributed by atoms with Crippen molar-refractivity contribution in [2.75, 3.05) is 0 Å². The number of nitrogens with two attached hydrogens (primary N) is 1. The Morgan fingerprint density at radius 2 is 1.75 bits per heavy atom.